The van der Waals surface area contributed by atoms with Crippen LogP contribution in [0.4, 0.5) is 0 Å². The van der Waals surface area contributed by atoms with Crippen molar-refractivity contribution < 1.29 is 0 Å². The molecule has 2 aliphatic rings. The molecule has 0 N–H and O–H groups in total. The number of rotatable bonds is 4. The van der Waals surface area contributed by atoms with Crippen molar-refractivity contribution in [2.24, 2.45) is 11.8 Å². The first-order valence-electron chi connectivity index (χ1n) is 7.67. The topological polar surface area (TPSA) is 3.24 Å². The quantitative estimate of drug-likeness (QED) is 0.731. The summed E-state index contributed by atoms with van der Waals surface area (Å²) in [7, 11) is 0. The molecule has 1 aliphatic carbocycles. The monoisotopic (exact) mass is 321 g/mol. The molecule has 0 aromatic heterocycles. The van der Waals surface area contributed by atoms with Gasteiger partial charge in [0.25, 0.3) is 0 Å². The number of hydrogen-bond donors (Lipinski definition) is 0. The highest BCUT2D eigenvalue weighted by atomic mass is 79.9. The summed E-state index contributed by atoms with van der Waals surface area (Å²) in [6.45, 7) is 5.97. The van der Waals surface area contributed by atoms with Crippen LogP contribution in [0.5, 0.6) is 0 Å². The van der Waals surface area contributed by atoms with Crippen LogP contribution in [0.3, 0.4) is 0 Å². The predicted molar refractivity (Wildman–Crippen MR) is 84.6 cm³/mol. The van der Waals surface area contributed by atoms with Crippen molar-refractivity contribution in [2.45, 2.75) is 50.0 Å². The molecule has 0 amide bonds. The van der Waals surface area contributed by atoms with E-state index in [9.17, 15) is 0 Å². The van der Waals surface area contributed by atoms with Gasteiger partial charge in [-0.2, -0.15) is 0 Å². The highest BCUT2D eigenvalue weighted by molar-refractivity contribution is 9.09. The largest absolute Gasteiger partial charge is 0.292 e. The summed E-state index contributed by atoms with van der Waals surface area (Å²) in [5.74, 6) is 1.77. The molecule has 1 heterocycles. The maximum Gasteiger partial charge on any atom is 0.0344 e. The second-order valence-corrected chi connectivity index (χ2v) is 7.32. The molecule has 2 bridgehead atoms. The van der Waals surface area contributed by atoms with E-state index in [1.807, 2.05) is 0 Å². The maximum absolute atomic E-state index is 3.98. The Balaban J connectivity index is 1.79. The van der Waals surface area contributed by atoms with Crippen molar-refractivity contribution in [3.8, 4) is 0 Å². The fourth-order valence-corrected chi connectivity index (χ4v) is 5.34. The van der Waals surface area contributed by atoms with Gasteiger partial charge in [-0.3, -0.25) is 4.90 Å². The Morgan fingerprint density at radius 1 is 1.32 bits per heavy atom. The van der Waals surface area contributed by atoms with Crippen molar-refractivity contribution in [3.05, 3.63) is 35.9 Å². The van der Waals surface area contributed by atoms with Crippen LogP contribution in [0.1, 0.15) is 44.7 Å². The summed E-state index contributed by atoms with van der Waals surface area (Å²) in [4.78, 5) is 3.47. The van der Waals surface area contributed by atoms with Gasteiger partial charge in [-0.05, 0) is 37.2 Å². The standard InChI is InChI=1S/C17H24BrN/c1-3-7-14-10-15-11-19(17(14)16(15)18)12(2)13-8-5-4-6-9-13/h4-6,8-9,12,14-17H,3,7,10-11H2,1-2H3/t12-,14-,15+,16+,17+/m0/s1. The summed E-state index contributed by atoms with van der Waals surface area (Å²) in [5, 5.41) is 0. The molecule has 3 rings (SSSR count). The number of benzene rings is 1. The van der Waals surface area contributed by atoms with E-state index in [1.54, 1.807) is 0 Å². The Bertz CT molecular complexity index is 419. The lowest BCUT2D eigenvalue weighted by Crippen LogP contribution is -2.41. The van der Waals surface area contributed by atoms with Gasteiger partial charge in [0, 0.05) is 23.5 Å². The third-order valence-electron chi connectivity index (χ3n) is 5.13. The molecule has 1 saturated heterocycles. The number of halogens is 1. The zero-order chi connectivity index (χ0) is 13.4. The first kappa shape index (κ1) is 13.6. The highest BCUT2D eigenvalue weighted by Crippen LogP contribution is 2.50. The Morgan fingerprint density at radius 3 is 2.68 bits per heavy atom. The molecule has 0 radical (unpaired) electrons. The van der Waals surface area contributed by atoms with E-state index in [4.69, 9.17) is 0 Å². The van der Waals surface area contributed by atoms with Crippen LogP contribution >= 0.6 is 15.9 Å². The second-order valence-electron chi connectivity index (χ2n) is 6.26. The SMILES string of the molecule is CCC[C@H]1C[C@@H]2CN([C@@H](C)c3ccccc3)[C@H]1[C@@H]2Br. The molecule has 1 aromatic rings. The number of piperidine rings is 1. The molecular weight excluding hydrogens is 298 g/mol. The molecule has 104 valence electrons. The molecule has 1 aliphatic heterocycles. The molecular formula is C17H24BrN. The lowest BCUT2D eigenvalue weighted by atomic mass is 9.91. The molecule has 0 spiro atoms. The fraction of sp³-hybridized carbons (Fsp3) is 0.647. The molecule has 5 atom stereocenters. The first-order chi connectivity index (χ1) is 9.22. The summed E-state index contributed by atoms with van der Waals surface area (Å²) in [6.07, 6.45) is 4.15. The normalized spacial score (nSPS) is 35.7. The van der Waals surface area contributed by atoms with Crippen molar-refractivity contribution in [1.82, 2.24) is 4.90 Å². The molecule has 2 fully saturated rings. The molecule has 1 saturated carbocycles. The minimum atomic E-state index is 0.552. The minimum absolute atomic E-state index is 0.552. The third kappa shape index (κ3) is 2.38. The van der Waals surface area contributed by atoms with Crippen molar-refractivity contribution in [2.75, 3.05) is 6.54 Å². The number of likely N-dealkylation sites (tertiary alicyclic amines) is 1. The first-order valence-corrected chi connectivity index (χ1v) is 8.58. The lowest BCUT2D eigenvalue weighted by molar-refractivity contribution is 0.111. The average molecular weight is 322 g/mol. The number of alkyl halides is 1. The maximum atomic E-state index is 3.98. The van der Waals surface area contributed by atoms with Gasteiger partial charge >= 0.3 is 0 Å². The van der Waals surface area contributed by atoms with Crippen LogP contribution < -0.4 is 0 Å². The van der Waals surface area contributed by atoms with Gasteiger partial charge in [-0.15, -0.1) is 0 Å². The smallest absolute Gasteiger partial charge is 0.0344 e. The Morgan fingerprint density at radius 2 is 2.05 bits per heavy atom. The van der Waals surface area contributed by atoms with Crippen LogP contribution in [-0.2, 0) is 0 Å². The van der Waals surface area contributed by atoms with Gasteiger partial charge in [0.2, 0.25) is 0 Å². The van der Waals surface area contributed by atoms with Crippen LogP contribution in [0, 0.1) is 11.8 Å². The van der Waals surface area contributed by atoms with E-state index < -0.39 is 0 Å². The van der Waals surface area contributed by atoms with Crippen molar-refractivity contribution in [3.63, 3.8) is 0 Å². The Hall–Kier alpha value is -0.340. The van der Waals surface area contributed by atoms with Gasteiger partial charge in [0.05, 0.1) is 0 Å². The molecule has 0 unspecified atom stereocenters. The molecule has 2 heteroatoms. The Kier molecular flexibility index (Phi) is 4.00. The van der Waals surface area contributed by atoms with Crippen LogP contribution in [0.15, 0.2) is 30.3 Å². The van der Waals surface area contributed by atoms with Crippen LogP contribution in [-0.4, -0.2) is 22.3 Å². The van der Waals surface area contributed by atoms with E-state index >= 15 is 0 Å². The zero-order valence-corrected chi connectivity index (χ0v) is 13.5. The summed E-state index contributed by atoms with van der Waals surface area (Å²) in [6, 6.07) is 12.3. The summed E-state index contributed by atoms with van der Waals surface area (Å²) >= 11 is 3.98. The van der Waals surface area contributed by atoms with Crippen LogP contribution in [0.2, 0.25) is 0 Å². The summed E-state index contributed by atoms with van der Waals surface area (Å²) < 4.78 is 0. The van der Waals surface area contributed by atoms with E-state index in [0.717, 1.165) is 22.7 Å². The van der Waals surface area contributed by atoms with Gasteiger partial charge in [0.15, 0.2) is 0 Å². The molecule has 1 nitrogen and oxygen atoms in total. The minimum Gasteiger partial charge on any atom is -0.292 e. The number of fused-ring (bicyclic) bond motifs is 2. The number of nitrogens with zero attached hydrogens (tertiary/aromatic N) is 1. The zero-order valence-electron chi connectivity index (χ0n) is 11.9. The van der Waals surface area contributed by atoms with E-state index in [-0.39, 0.29) is 0 Å². The van der Waals surface area contributed by atoms with Gasteiger partial charge < -0.3 is 0 Å². The molecule has 1 aromatic carbocycles. The molecule has 19 heavy (non-hydrogen) atoms. The fourth-order valence-electron chi connectivity index (χ4n) is 4.22. The van der Waals surface area contributed by atoms with Gasteiger partial charge in [-0.25, -0.2) is 0 Å². The third-order valence-corrected chi connectivity index (χ3v) is 6.42. The van der Waals surface area contributed by atoms with E-state index in [0.29, 0.717) is 6.04 Å². The summed E-state index contributed by atoms with van der Waals surface area (Å²) in [5.41, 5.74) is 1.46. The second kappa shape index (κ2) is 5.57. The average Bonchev–Trinajstić information content (AvgIpc) is 2.92. The predicted octanol–water partition coefficient (Wildman–Crippen LogP) is 4.63. The van der Waals surface area contributed by atoms with E-state index in [1.165, 1.54) is 31.4 Å². The van der Waals surface area contributed by atoms with Crippen molar-refractivity contribution >= 4 is 15.9 Å². The Labute approximate surface area is 125 Å². The van der Waals surface area contributed by atoms with E-state index in [2.05, 4.69) is 65.0 Å². The number of hydrogen-bond acceptors (Lipinski definition) is 1. The van der Waals surface area contributed by atoms with Gasteiger partial charge in [-0.1, -0.05) is 59.6 Å². The van der Waals surface area contributed by atoms with Crippen LogP contribution in [0.25, 0.3) is 0 Å². The lowest BCUT2D eigenvalue weighted by Gasteiger charge is -2.37. The highest BCUT2D eigenvalue weighted by Gasteiger charge is 2.51. The van der Waals surface area contributed by atoms with Crippen molar-refractivity contribution in [1.29, 1.82) is 0 Å². The van der Waals surface area contributed by atoms with Gasteiger partial charge in [0.1, 0.15) is 0 Å².